The van der Waals surface area contributed by atoms with Gasteiger partial charge in [-0.05, 0) is 32.9 Å². The predicted octanol–water partition coefficient (Wildman–Crippen LogP) is 1.95. The lowest BCUT2D eigenvalue weighted by Crippen LogP contribution is -2.53. The van der Waals surface area contributed by atoms with E-state index in [0.29, 0.717) is 36.7 Å². The van der Waals surface area contributed by atoms with Gasteiger partial charge in [0, 0.05) is 18.7 Å². The Morgan fingerprint density at radius 1 is 1.21 bits per heavy atom. The number of aromatic nitrogens is 1. The zero-order chi connectivity index (χ0) is 19.6. The van der Waals surface area contributed by atoms with E-state index >= 15 is 0 Å². The maximum atomic E-state index is 13.4. The minimum absolute atomic E-state index is 0.178. The number of hydrogen-bond acceptors (Lipinski definition) is 6. The van der Waals surface area contributed by atoms with Gasteiger partial charge in [-0.1, -0.05) is 35.5 Å². The van der Waals surface area contributed by atoms with E-state index in [0.717, 1.165) is 31.5 Å². The number of benzene rings is 1. The van der Waals surface area contributed by atoms with Gasteiger partial charge in [-0.15, -0.1) is 0 Å². The quantitative estimate of drug-likeness (QED) is 0.867. The molecule has 1 aromatic carbocycles. The van der Waals surface area contributed by atoms with Crippen LogP contribution < -0.4 is 0 Å². The number of ether oxygens (including phenoxy) is 1. The molecule has 4 rings (SSSR count). The van der Waals surface area contributed by atoms with Crippen LogP contribution in [0.25, 0.3) is 11.3 Å². The van der Waals surface area contributed by atoms with E-state index in [2.05, 4.69) is 10.1 Å². The zero-order valence-corrected chi connectivity index (χ0v) is 16.3. The minimum atomic E-state index is -1.07. The Labute approximate surface area is 164 Å². The fraction of sp³-hybridized carbons (Fsp3) is 0.524. The lowest BCUT2D eigenvalue weighted by molar-refractivity contribution is -0.0524. The van der Waals surface area contributed by atoms with Crippen molar-refractivity contribution in [3.8, 4) is 11.3 Å². The third-order valence-corrected chi connectivity index (χ3v) is 5.49. The molecule has 7 nitrogen and oxygen atoms in total. The Bertz CT molecular complexity index is 816. The number of carbonyl (C=O) groups excluding carboxylic acids is 1. The summed E-state index contributed by atoms with van der Waals surface area (Å²) in [6.45, 7) is 5.54. The van der Waals surface area contributed by atoms with Crippen molar-refractivity contribution in [3.63, 3.8) is 0 Å². The Morgan fingerprint density at radius 2 is 1.96 bits per heavy atom. The molecule has 0 spiro atoms. The highest BCUT2D eigenvalue weighted by atomic mass is 16.5. The van der Waals surface area contributed by atoms with E-state index in [-0.39, 0.29) is 19.1 Å². The Morgan fingerprint density at radius 3 is 2.71 bits per heavy atom. The summed E-state index contributed by atoms with van der Waals surface area (Å²) in [7, 11) is 0. The van der Waals surface area contributed by atoms with Crippen molar-refractivity contribution < 1.29 is 19.2 Å². The lowest BCUT2D eigenvalue weighted by Gasteiger charge is -2.34. The maximum Gasteiger partial charge on any atom is 0.259 e. The number of amides is 1. The molecular weight excluding hydrogens is 358 g/mol. The second kappa shape index (κ2) is 8.03. The molecule has 7 heteroatoms. The summed E-state index contributed by atoms with van der Waals surface area (Å²) in [6, 6.07) is 9.54. The molecule has 0 aliphatic carbocycles. The fourth-order valence-corrected chi connectivity index (χ4v) is 4.12. The van der Waals surface area contributed by atoms with Gasteiger partial charge in [0.2, 0.25) is 0 Å². The number of aliphatic hydroxyl groups is 1. The van der Waals surface area contributed by atoms with Gasteiger partial charge in [0.25, 0.3) is 5.91 Å². The van der Waals surface area contributed by atoms with Crippen LogP contribution in [-0.2, 0) is 4.74 Å². The van der Waals surface area contributed by atoms with Gasteiger partial charge in [0.15, 0.2) is 0 Å². The lowest BCUT2D eigenvalue weighted by atomic mass is 10.0. The van der Waals surface area contributed by atoms with E-state index in [1.54, 1.807) is 11.8 Å². The van der Waals surface area contributed by atoms with E-state index in [1.807, 2.05) is 30.3 Å². The molecule has 0 saturated carbocycles. The summed E-state index contributed by atoms with van der Waals surface area (Å²) < 4.78 is 11.0. The van der Waals surface area contributed by atoms with Gasteiger partial charge in [0.05, 0.1) is 19.8 Å². The number of rotatable bonds is 4. The molecule has 0 bridgehead atoms. The molecule has 2 fully saturated rings. The fourth-order valence-electron chi connectivity index (χ4n) is 4.12. The molecule has 0 radical (unpaired) electrons. The number of β-amino-alcohol motifs (C(OH)–C–C–N with tert-alkyl or cyclic N) is 1. The van der Waals surface area contributed by atoms with Gasteiger partial charge in [-0.25, -0.2) is 0 Å². The van der Waals surface area contributed by atoms with Crippen LogP contribution in [0.4, 0.5) is 0 Å². The Balaban J connectivity index is 1.58. The van der Waals surface area contributed by atoms with Crippen LogP contribution in [0.15, 0.2) is 34.9 Å². The zero-order valence-electron chi connectivity index (χ0n) is 16.3. The summed E-state index contributed by atoms with van der Waals surface area (Å²) in [5.74, 6) is 0.306. The summed E-state index contributed by atoms with van der Waals surface area (Å²) in [5.41, 5.74) is 0.753. The predicted molar refractivity (Wildman–Crippen MR) is 104 cm³/mol. The van der Waals surface area contributed by atoms with Crippen LogP contribution in [0.5, 0.6) is 0 Å². The molecule has 1 N–H and O–H groups in total. The van der Waals surface area contributed by atoms with Crippen LogP contribution in [0.1, 0.15) is 29.0 Å². The molecule has 2 saturated heterocycles. The first-order chi connectivity index (χ1) is 13.6. The smallest absolute Gasteiger partial charge is 0.259 e. The second-order valence-electron chi connectivity index (χ2n) is 7.82. The van der Waals surface area contributed by atoms with Crippen molar-refractivity contribution in [2.24, 2.45) is 0 Å². The van der Waals surface area contributed by atoms with Crippen LogP contribution in [0.2, 0.25) is 0 Å². The molecule has 3 heterocycles. The SMILES string of the molecule is Cc1onc(-c2ccccc2)c1C(=O)N1CCOC[C@](O)(CN2CCCC2)C1. The molecule has 150 valence electrons. The topological polar surface area (TPSA) is 79.0 Å². The van der Waals surface area contributed by atoms with Crippen LogP contribution in [0.3, 0.4) is 0 Å². The standard InChI is InChI=1S/C21H27N3O4/c1-16-18(19(22-28-16)17-7-3-2-4-8-17)20(25)24-11-12-27-15-21(26,14-24)13-23-9-5-6-10-23/h2-4,7-8,26H,5-6,9-15H2,1H3/t21-/m0/s1. The molecular formula is C21H27N3O4. The average molecular weight is 385 g/mol. The van der Waals surface area contributed by atoms with Crippen LogP contribution in [0, 0.1) is 6.92 Å². The summed E-state index contributed by atoms with van der Waals surface area (Å²) in [5, 5.41) is 15.3. The van der Waals surface area contributed by atoms with Gasteiger partial charge in [-0.3, -0.25) is 4.79 Å². The monoisotopic (exact) mass is 385 g/mol. The Hall–Kier alpha value is -2.22. The van der Waals surface area contributed by atoms with E-state index in [1.165, 1.54) is 0 Å². The molecule has 1 aromatic heterocycles. The highest BCUT2D eigenvalue weighted by molar-refractivity contribution is 6.00. The van der Waals surface area contributed by atoms with Gasteiger partial charge < -0.3 is 24.2 Å². The number of hydrogen-bond donors (Lipinski definition) is 1. The van der Waals surface area contributed by atoms with Crippen molar-refractivity contribution in [2.45, 2.75) is 25.4 Å². The van der Waals surface area contributed by atoms with E-state index in [4.69, 9.17) is 9.26 Å². The molecule has 0 unspecified atom stereocenters. The van der Waals surface area contributed by atoms with Crippen LogP contribution in [-0.4, -0.2) is 77.5 Å². The normalized spacial score (nSPS) is 23.7. The first-order valence-electron chi connectivity index (χ1n) is 9.89. The van der Waals surface area contributed by atoms with E-state index < -0.39 is 5.60 Å². The summed E-state index contributed by atoms with van der Waals surface area (Å²) >= 11 is 0. The maximum absolute atomic E-state index is 13.4. The molecule has 2 aromatic rings. The molecule has 1 amide bonds. The van der Waals surface area contributed by atoms with Crippen molar-refractivity contribution in [3.05, 3.63) is 41.7 Å². The number of carbonyl (C=O) groups is 1. The second-order valence-corrected chi connectivity index (χ2v) is 7.82. The first kappa shape index (κ1) is 19.1. The van der Waals surface area contributed by atoms with Gasteiger partial charge in [0.1, 0.15) is 22.6 Å². The van der Waals surface area contributed by atoms with Crippen molar-refractivity contribution in [1.29, 1.82) is 0 Å². The van der Waals surface area contributed by atoms with Gasteiger partial charge in [-0.2, -0.15) is 0 Å². The van der Waals surface area contributed by atoms with Crippen molar-refractivity contribution in [1.82, 2.24) is 15.0 Å². The molecule has 1 atom stereocenters. The molecule has 2 aliphatic heterocycles. The van der Waals surface area contributed by atoms with Crippen molar-refractivity contribution >= 4 is 5.91 Å². The average Bonchev–Trinajstić information content (AvgIpc) is 3.29. The van der Waals surface area contributed by atoms with Gasteiger partial charge >= 0.3 is 0 Å². The van der Waals surface area contributed by atoms with Crippen LogP contribution >= 0.6 is 0 Å². The molecule has 2 aliphatic rings. The summed E-state index contributed by atoms with van der Waals surface area (Å²) in [6.07, 6.45) is 2.31. The third kappa shape index (κ3) is 3.97. The number of likely N-dealkylation sites (tertiary alicyclic amines) is 1. The van der Waals surface area contributed by atoms with E-state index in [9.17, 15) is 9.90 Å². The first-order valence-corrected chi connectivity index (χ1v) is 9.89. The Kier molecular flexibility index (Phi) is 5.48. The summed E-state index contributed by atoms with van der Waals surface area (Å²) in [4.78, 5) is 17.3. The third-order valence-electron chi connectivity index (χ3n) is 5.49. The van der Waals surface area contributed by atoms with Crippen molar-refractivity contribution in [2.75, 3.05) is 45.9 Å². The highest BCUT2D eigenvalue weighted by Crippen LogP contribution is 2.27. The highest BCUT2D eigenvalue weighted by Gasteiger charge is 2.38. The number of aryl methyl sites for hydroxylation is 1. The minimum Gasteiger partial charge on any atom is -0.384 e. The molecule has 28 heavy (non-hydrogen) atoms. The largest absolute Gasteiger partial charge is 0.384 e. The number of nitrogens with zero attached hydrogens (tertiary/aromatic N) is 3.